The van der Waals surface area contributed by atoms with Crippen LogP contribution in [0.1, 0.15) is 45.9 Å². The lowest BCUT2D eigenvalue weighted by atomic mass is 9.64. The van der Waals surface area contributed by atoms with Gasteiger partial charge in [-0.05, 0) is 42.7 Å². The van der Waals surface area contributed by atoms with E-state index < -0.39 is 11.9 Å². The number of amides is 1. The summed E-state index contributed by atoms with van der Waals surface area (Å²) in [4.78, 5) is 22.9. The Morgan fingerprint density at radius 2 is 1.78 bits per heavy atom. The molecule has 0 atom stereocenters. The largest absolute Gasteiger partial charge is 0.475 e. The van der Waals surface area contributed by atoms with Crippen LogP contribution in [0.4, 0.5) is 4.39 Å². The third-order valence-corrected chi connectivity index (χ3v) is 4.40. The molecular weight excluding hydrogens is 301 g/mol. The molecule has 2 N–H and O–H groups in total. The Hall–Kier alpha value is -2.63. The SMILES string of the molecule is O=C(O)c1ccc(C(=O)NCC2(c3ccc(F)cc3)CCC2)o1. The molecule has 1 saturated carbocycles. The maximum Gasteiger partial charge on any atom is 0.371 e. The van der Waals surface area contributed by atoms with Crippen molar-refractivity contribution in [1.82, 2.24) is 5.32 Å². The molecule has 3 rings (SSSR count). The van der Waals surface area contributed by atoms with Crippen LogP contribution in [-0.4, -0.2) is 23.5 Å². The molecule has 1 aliphatic carbocycles. The van der Waals surface area contributed by atoms with Gasteiger partial charge in [0, 0.05) is 12.0 Å². The fourth-order valence-electron chi connectivity index (χ4n) is 2.89. The molecule has 5 nitrogen and oxygen atoms in total. The maximum absolute atomic E-state index is 13.1. The third kappa shape index (κ3) is 2.97. The number of aromatic carboxylic acids is 1. The zero-order chi connectivity index (χ0) is 16.4. The second kappa shape index (κ2) is 5.87. The van der Waals surface area contributed by atoms with Gasteiger partial charge in [0.05, 0.1) is 0 Å². The number of carboxylic acids is 1. The van der Waals surface area contributed by atoms with E-state index in [1.54, 1.807) is 12.1 Å². The van der Waals surface area contributed by atoms with Gasteiger partial charge in [0.1, 0.15) is 5.82 Å². The summed E-state index contributed by atoms with van der Waals surface area (Å²) in [5.74, 6) is -2.26. The van der Waals surface area contributed by atoms with Crippen LogP contribution in [0.3, 0.4) is 0 Å². The molecule has 1 heterocycles. The first-order valence-corrected chi connectivity index (χ1v) is 7.38. The number of carbonyl (C=O) groups excluding carboxylic acids is 1. The summed E-state index contributed by atoms with van der Waals surface area (Å²) in [5, 5.41) is 11.6. The highest BCUT2D eigenvalue weighted by atomic mass is 19.1. The average Bonchev–Trinajstić information content (AvgIpc) is 2.98. The molecule has 1 aromatic heterocycles. The Morgan fingerprint density at radius 1 is 1.13 bits per heavy atom. The van der Waals surface area contributed by atoms with E-state index in [1.807, 2.05) is 0 Å². The highest BCUT2D eigenvalue weighted by molar-refractivity contribution is 5.93. The fourth-order valence-corrected chi connectivity index (χ4v) is 2.89. The van der Waals surface area contributed by atoms with Crippen LogP contribution in [0.2, 0.25) is 0 Å². The van der Waals surface area contributed by atoms with E-state index >= 15 is 0 Å². The van der Waals surface area contributed by atoms with Gasteiger partial charge in [-0.1, -0.05) is 18.6 Å². The van der Waals surface area contributed by atoms with Crippen LogP contribution in [-0.2, 0) is 5.41 Å². The molecule has 1 aromatic carbocycles. The summed E-state index contributed by atoms with van der Waals surface area (Å²) in [6.07, 6.45) is 2.88. The molecule has 23 heavy (non-hydrogen) atoms. The van der Waals surface area contributed by atoms with Gasteiger partial charge in [0.25, 0.3) is 5.91 Å². The monoisotopic (exact) mass is 317 g/mol. The molecule has 0 radical (unpaired) electrons. The number of furan rings is 1. The lowest BCUT2D eigenvalue weighted by Gasteiger charge is -2.42. The van der Waals surface area contributed by atoms with E-state index in [9.17, 15) is 14.0 Å². The number of hydrogen-bond acceptors (Lipinski definition) is 3. The topological polar surface area (TPSA) is 79.5 Å². The van der Waals surface area contributed by atoms with Crippen molar-refractivity contribution in [3.8, 4) is 0 Å². The Labute approximate surface area is 132 Å². The first kappa shape index (κ1) is 15.3. The van der Waals surface area contributed by atoms with Gasteiger partial charge in [-0.25, -0.2) is 9.18 Å². The molecule has 1 amide bonds. The number of hydrogen-bond donors (Lipinski definition) is 2. The zero-order valence-electron chi connectivity index (χ0n) is 12.3. The van der Waals surface area contributed by atoms with Crippen molar-refractivity contribution in [3.05, 3.63) is 59.3 Å². The van der Waals surface area contributed by atoms with Crippen LogP contribution in [0.5, 0.6) is 0 Å². The number of carboxylic acid groups (broad SMARTS) is 1. The molecular formula is C17H16FNO4. The Balaban J connectivity index is 1.69. The van der Waals surface area contributed by atoms with Crippen LogP contribution >= 0.6 is 0 Å². The van der Waals surface area contributed by atoms with Crippen molar-refractivity contribution in [3.63, 3.8) is 0 Å². The van der Waals surface area contributed by atoms with E-state index in [1.165, 1.54) is 24.3 Å². The second-order valence-electron chi connectivity index (χ2n) is 5.79. The molecule has 0 saturated heterocycles. The molecule has 0 bridgehead atoms. The normalized spacial score (nSPS) is 15.7. The van der Waals surface area contributed by atoms with Crippen LogP contribution in [0.15, 0.2) is 40.8 Å². The minimum Gasteiger partial charge on any atom is -0.475 e. The second-order valence-corrected chi connectivity index (χ2v) is 5.79. The minimum absolute atomic E-state index is 0.0315. The number of rotatable bonds is 5. The quantitative estimate of drug-likeness (QED) is 0.888. The standard InChI is InChI=1S/C17H16FNO4/c18-12-4-2-11(3-5-12)17(8-1-9-17)10-19-15(20)13-6-7-14(23-13)16(21)22/h2-7H,1,8-10H2,(H,19,20)(H,21,22). The Morgan fingerprint density at radius 3 is 2.30 bits per heavy atom. The predicted molar refractivity (Wildman–Crippen MR) is 79.9 cm³/mol. The molecule has 1 aliphatic rings. The van der Waals surface area contributed by atoms with Gasteiger partial charge in [-0.2, -0.15) is 0 Å². The van der Waals surface area contributed by atoms with Crippen molar-refractivity contribution in [1.29, 1.82) is 0 Å². The number of benzene rings is 1. The fraction of sp³-hybridized carbons (Fsp3) is 0.294. The maximum atomic E-state index is 13.1. The van der Waals surface area contributed by atoms with Crippen LogP contribution < -0.4 is 5.32 Å². The van der Waals surface area contributed by atoms with Gasteiger partial charge in [0.15, 0.2) is 5.76 Å². The molecule has 120 valence electrons. The summed E-state index contributed by atoms with van der Waals surface area (Å²) in [6, 6.07) is 8.92. The molecule has 0 aliphatic heterocycles. The molecule has 1 fully saturated rings. The molecule has 2 aromatic rings. The Kier molecular flexibility index (Phi) is 3.90. The van der Waals surface area contributed by atoms with Gasteiger partial charge >= 0.3 is 5.97 Å². The smallest absolute Gasteiger partial charge is 0.371 e. The van der Waals surface area contributed by atoms with Crippen LogP contribution in [0.25, 0.3) is 0 Å². The van der Waals surface area contributed by atoms with Gasteiger partial charge in [0.2, 0.25) is 5.76 Å². The van der Waals surface area contributed by atoms with Crippen LogP contribution in [0, 0.1) is 5.82 Å². The number of carbonyl (C=O) groups is 2. The summed E-state index contributed by atoms with van der Waals surface area (Å²) < 4.78 is 18.1. The highest BCUT2D eigenvalue weighted by Gasteiger charge is 2.39. The average molecular weight is 317 g/mol. The lowest BCUT2D eigenvalue weighted by molar-refractivity contribution is 0.0659. The third-order valence-electron chi connectivity index (χ3n) is 4.40. The number of nitrogens with one attached hydrogen (secondary N) is 1. The van der Waals surface area contributed by atoms with Crippen molar-refractivity contribution in [2.75, 3.05) is 6.54 Å². The van der Waals surface area contributed by atoms with Crippen molar-refractivity contribution in [2.45, 2.75) is 24.7 Å². The van der Waals surface area contributed by atoms with Crippen molar-refractivity contribution in [2.24, 2.45) is 0 Å². The molecule has 0 spiro atoms. The molecule has 6 heteroatoms. The predicted octanol–water partition coefficient (Wildman–Crippen LogP) is 2.97. The van der Waals surface area contributed by atoms with E-state index in [-0.39, 0.29) is 22.8 Å². The minimum atomic E-state index is -1.22. The van der Waals surface area contributed by atoms with E-state index in [4.69, 9.17) is 9.52 Å². The van der Waals surface area contributed by atoms with E-state index in [0.717, 1.165) is 24.8 Å². The van der Waals surface area contributed by atoms with E-state index in [0.29, 0.717) is 6.54 Å². The Bertz CT molecular complexity index is 731. The van der Waals surface area contributed by atoms with Crippen molar-refractivity contribution < 1.29 is 23.5 Å². The molecule has 0 unspecified atom stereocenters. The first-order chi connectivity index (χ1) is 11.0. The van der Waals surface area contributed by atoms with E-state index in [2.05, 4.69) is 5.32 Å². The van der Waals surface area contributed by atoms with Gasteiger partial charge < -0.3 is 14.8 Å². The zero-order valence-corrected chi connectivity index (χ0v) is 12.3. The number of halogens is 1. The lowest BCUT2D eigenvalue weighted by Crippen LogP contribution is -2.45. The van der Waals surface area contributed by atoms with Crippen molar-refractivity contribution >= 4 is 11.9 Å². The van der Waals surface area contributed by atoms with Gasteiger partial charge in [-0.3, -0.25) is 4.79 Å². The summed E-state index contributed by atoms with van der Waals surface area (Å²) in [6.45, 7) is 0.403. The summed E-state index contributed by atoms with van der Waals surface area (Å²) in [5.41, 5.74) is 0.807. The first-order valence-electron chi connectivity index (χ1n) is 7.38. The summed E-state index contributed by atoms with van der Waals surface area (Å²) in [7, 11) is 0. The van der Waals surface area contributed by atoms with Gasteiger partial charge in [-0.15, -0.1) is 0 Å². The highest BCUT2D eigenvalue weighted by Crippen LogP contribution is 2.43. The summed E-state index contributed by atoms with van der Waals surface area (Å²) >= 11 is 0.